The highest BCUT2D eigenvalue weighted by Gasteiger charge is 2.14. The Labute approximate surface area is 158 Å². The Morgan fingerprint density at radius 2 is 1.85 bits per heavy atom. The summed E-state index contributed by atoms with van der Waals surface area (Å²) in [5.74, 6) is 0.266. The smallest absolute Gasteiger partial charge is 0.262 e. The second kappa shape index (κ2) is 9.02. The molecule has 0 unspecified atom stereocenters. The number of rotatable bonds is 8. The van der Waals surface area contributed by atoms with Crippen molar-refractivity contribution in [3.05, 3.63) is 53.6 Å². The van der Waals surface area contributed by atoms with Crippen LogP contribution in [0.1, 0.15) is 13.8 Å². The summed E-state index contributed by atoms with van der Waals surface area (Å²) < 4.78 is 32.1. The second-order valence-electron chi connectivity index (χ2n) is 6.06. The van der Waals surface area contributed by atoms with E-state index in [-0.39, 0.29) is 23.3 Å². The van der Waals surface area contributed by atoms with Gasteiger partial charge in [-0.25, -0.2) is 13.1 Å². The molecule has 140 valence electrons. The van der Waals surface area contributed by atoms with Crippen LogP contribution in [0.15, 0.2) is 53.4 Å². The molecule has 0 aliphatic heterocycles. The van der Waals surface area contributed by atoms with Gasteiger partial charge in [0.05, 0.1) is 4.90 Å². The molecule has 0 bridgehead atoms. The van der Waals surface area contributed by atoms with Gasteiger partial charge in [0.1, 0.15) is 5.75 Å². The minimum Gasteiger partial charge on any atom is -0.484 e. The number of benzene rings is 2. The predicted molar refractivity (Wildman–Crippen MR) is 102 cm³/mol. The van der Waals surface area contributed by atoms with Crippen molar-refractivity contribution in [1.29, 1.82) is 0 Å². The summed E-state index contributed by atoms with van der Waals surface area (Å²) in [6.45, 7) is 4.01. The molecule has 2 aromatic rings. The van der Waals surface area contributed by atoms with Crippen molar-refractivity contribution in [1.82, 2.24) is 4.72 Å². The van der Waals surface area contributed by atoms with Gasteiger partial charge in [-0.15, -0.1) is 0 Å². The predicted octanol–water partition coefficient (Wildman–Crippen LogP) is 3.29. The Kier molecular flexibility index (Phi) is 7.02. The molecule has 2 N–H and O–H groups in total. The number of nitrogens with one attached hydrogen (secondary N) is 2. The normalized spacial score (nSPS) is 11.4. The fourth-order valence-corrected chi connectivity index (χ4v) is 3.39. The highest BCUT2D eigenvalue weighted by atomic mass is 35.5. The molecule has 8 heteroatoms. The number of hydrogen-bond donors (Lipinski definition) is 2. The van der Waals surface area contributed by atoms with Crippen molar-refractivity contribution in [3.8, 4) is 5.75 Å². The lowest BCUT2D eigenvalue weighted by atomic mass is 10.2. The molecule has 1 amide bonds. The number of amides is 1. The average molecular weight is 397 g/mol. The van der Waals surface area contributed by atoms with Gasteiger partial charge in [0.15, 0.2) is 6.61 Å². The van der Waals surface area contributed by atoms with E-state index in [1.165, 1.54) is 24.3 Å². The van der Waals surface area contributed by atoms with Crippen LogP contribution >= 0.6 is 11.6 Å². The Bertz CT molecular complexity index is 852. The zero-order chi connectivity index (χ0) is 19.2. The third-order valence-corrected chi connectivity index (χ3v) is 4.97. The van der Waals surface area contributed by atoms with Crippen LogP contribution in [-0.2, 0) is 14.8 Å². The maximum Gasteiger partial charge on any atom is 0.262 e. The number of anilines is 1. The first-order valence-corrected chi connectivity index (χ1v) is 9.90. The van der Waals surface area contributed by atoms with Crippen LogP contribution in [0.2, 0.25) is 5.02 Å². The number of halogens is 1. The van der Waals surface area contributed by atoms with E-state index < -0.39 is 10.0 Å². The first-order chi connectivity index (χ1) is 12.3. The third-order valence-electron chi connectivity index (χ3n) is 3.29. The summed E-state index contributed by atoms with van der Waals surface area (Å²) >= 11 is 5.86. The molecule has 0 aromatic heterocycles. The molecule has 0 heterocycles. The monoisotopic (exact) mass is 396 g/mol. The SMILES string of the molecule is CC(C)CNS(=O)(=O)c1ccc(OCC(=O)Nc2cccc(Cl)c2)cc1. The number of carbonyl (C=O) groups is 1. The molecule has 2 rings (SSSR count). The molecule has 0 saturated carbocycles. The average Bonchev–Trinajstić information content (AvgIpc) is 2.59. The molecule has 0 radical (unpaired) electrons. The standard InChI is InChI=1S/C18H21ClN2O4S/c1-13(2)11-20-26(23,24)17-8-6-16(7-9-17)25-12-18(22)21-15-5-3-4-14(19)10-15/h3-10,13,20H,11-12H2,1-2H3,(H,21,22). The van der Waals surface area contributed by atoms with Gasteiger partial charge in [0.2, 0.25) is 10.0 Å². The lowest BCUT2D eigenvalue weighted by molar-refractivity contribution is -0.118. The molecule has 6 nitrogen and oxygen atoms in total. The Morgan fingerprint density at radius 1 is 1.15 bits per heavy atom. The minimum absolute atomic E-state index is 0.147. The first-order valence-electron chi connectivity index (χ1n) is 8.04. The van der Waals surface area contributed by atoms with Gasteiger partial charge >= 0.3 is 0 Å². The molecule has 26 heavy (non-hydrogen) atoms. The number of hydrogen-bond acceptors (Lipinski definition) is 4. The number of carbonyl (C=O) groups excluding carboxylic acids is 1. The van der Waals surface area contributed by atoms with E-state index in [2.05, 4.69) is 10.0 Å². The van der Waals surface area contributed by atoms with Crippen LogP contribution < -0.4 is 14.8 Å². The van der Waals surface area contributed by atoms with Crippen LogP contribution in [0.5, 0.6) is 5.75 Å². The van der Waals surface area contributed by atoms with Gasteiger partial charge in [0.25, 0.3) is 5.91 Å². The molecule has 0 spiro atoms. The van der Waals surface area contributed by atoms with Gasteiger partial charge in [0, 0.05) is 17.3 Å². The van der Waals surface area contributed by atoms with Crippen LogP contribution in [0.3, 0.4) is 0 Å². The molecule has 0 fully saturated rings. The summed E-state index contributed by atoms with van der Waals surface area (Å²) in [6, 6.07) is 12.7. The number of sulfonamides is 1. The molecular formula is C18H21ClN2O4S. The van der Waals surface area contributed by atoms with E-state index in [0.717, 1.165) is 0 Å². The van der Waals surface area contributed by atoms with Crippen molar-refractivity contribution < 1.29 is 17.9 Å². The van der Waals surface area contributed by atoms with Crippen LogP contribution in [0, 0.1) is 5.92 Å². The Hall–Kier alpha value is -2.09. The van der Waals surface area contributed by atoms with E-state index in [4.69, 9.17) is 16.3 Å². The highest BCUT2D eigenvalue weighted by molar-refractivity contribution is 7.89. The summed E-state index contributed by atoms with van der Waals surface area (Å²) in [7, 11) is -3.55. The van der Waals surface area contributed by atoms with E-state index in [1.54, 1.807) is 24.3 Å². The quantitative estimate of drug-likeness (QED) is 0.717. The zero-order valence-corrected chi connectivity index (χ0v) is 16.1. The van der Waals surface area contributed by atoms with Gasteiger partial charge in [-0.1, -0.05) is 31.5 Å². The molecule has 0 saturated heterocycles. The topological polar surface area (TPSA) is 84.5 Å². The highest BCUT2D eigenvalue weighted by Crippen LogP contribution is 2.17. The fourth-order valence-electron chi connectivity index (χ4n) is 1.99. The van der Waals surface area contributed by atoms with Gasteiger partial charge in [-0.2, -0.15) is 0 Å². The van der Waals surface area contributed by atoms with Crippen molar-refractivity contribution in [2.45, 2.75) is 18.7 Å². The summed E-state index contributed by atoms with van der Waals surface area (Å²) in [5, 5.41) is 3.18. The van der Waals surface area contributed by atoms with E-state index in [9.17, 15) is 13.2 Å². The Balaban J connectivity index is 1.90. The minimum atomic E-state index is -3.55. The zero-order valence-electron chi connectivity index (χ0n) is 14.5. The Morgan fingerprint density at radius 3 is 2.46 bits per heavy atom. The van der Waals surface area contributed by atoms with Gasteiger partial charge in [-0.3, -0.25) is 4.79 Å². The van der Waals surface area contributed by atoms with Crippen LogP contribution in [-0.4, -0.2) is 27.5 Å². The molecule has 0 aliphatic rings. The van der Waals surface area contributed by atoms with Crippen molar-refractivity contribution in [2.75, 3.05) is 18.5 Å². The number of ether oxygens (including phenoxy) is 1. The lowest BCUT2D eigenvalue weighted by Gasteiger charge is -2.10. The van der Waals surface area contributed by atoms with Crippen molar-refractivity contribution in [2.24, 2.45) is 5.92 Å². The molecular weight excluding hydrogens is 376 g/mol. The van der Waals surface area contributed by atoms with E-state index in [0.29, 0.717) is 23.0 Å². The van der Waals surface area contributed by atoms with Crippen LogP contribution in [0.4, 0.5) is 5.69 Å². The summed E-state index contributed by atoms with van der Waals surface area (Å²) in [5.41, 5.74) is 0.573. The molecule has 0 atom stereocenters. The van der Waals surface area contributed by atoms with Gasteiger partial charge < -0.3 is 10.1 Å². The largest absolute Gasteiger partial charge is 0.484 e. The van der Waals surface area contributed by atoms with Crippen molar-refractivity contribution >= 4 is 33.2 Å². The van der Waals surface area contributed by atoms with Crippen LogP contribution in [0.25, 0.3) is 0 Å². The fraction of sp³-hybridized carbons (Fsp3) is 0.278. The molecule has 0 aliphatic carbocycles. The maximum atomic E-state index is 12.1. The first kappa shape index (κ1) is 20.2. The third kappa shape index (κ3) is 6.33. The lowest BCUT2D eigenvalue weighted by Crippen LogP contribution is -2.27. The summed E-state index contributed by atoms with van der Waals surface area (Å²) in [6.07, 6.45) is 0. The summed E-state index contributed by atoms with van der Waals surface area (Å²) in [4.78, 5) is 12.0. The second-order valence-corrected chi connectivity index (χ2v) is 8.27. The van der Waals surface area contributed by atoms with Gasteiger partial charge in [-0.05, 0) is 48.4 Å². The van der Waals surface area contributed by atoms with Crippen molar-refractivity contribution in [3.63, 3.8) is 0 Å². The van der Waals surface area contributed by atoms with E-state index >= 15 is 0 Å². The van der Waals surface area contributed by atoms with E-state index in [1.807, 2.05) is 13.8 Å². The maximum absolute atomic E-state index is 12.1. The molecule has 2 aromatic carbocycles.